The van der Waals surface area contributed by atoms with Crippen LogP contribution in [0.2, 0.25) is 10.0 Å². The van der Waals surface area contributed by atoms with E-state index in [4.69, 9.17) is 23.2 Å². The van der Waals surface area contributed by atoms with Crippen molar-refractivity contribution in [1.29, 1.82) is 0 Å². The lowest BCUT2D eigenvalue weighted by Gasteiger charge is -2.06. The Morgan fingerprint density at radius 1 is 1.29 bits per heavy atom. The molecule has 14 heavy (non-hydrogen) atoms. The first-order valence-electron chi connectivity index (χ1n) is 3.60. The number of sulfone groups is 1. The molecule has 0 fully saturated rings. The number of hydrogen-bond donors (Lipinski definition) is 0. The summed E-state index contributed by atoms with van der Waals surface area (Å²) in [6, 6.07) is 2.80. The topological polar surface area (TPSA) is 34.1 Å². The fourth-order valence-electron chi connectivity index (χ4n) is 0.922. The summed E-state index contributed by atoms with van der Waals surface area (Å²) in [6.45, 7) is 0. The maximum Gasteiger partial charge on any atom is 0.175 e. The van der Waals surface area contributed by atoms with Crippen LogP contribution in [0.1, 0.15) is 5.56 Å². The van der Waals surface area contributed by atoms with Gasteiger partial charge in [0.05, 0.1) is 4.90 Å². The summed E-state index contributed by atoms with van der Waals surface area (Å²) in [4.78, 5) is 0.136. The van der Waals surface area contributed by atoms with Crippen molar-refractivity contribution in [1.82, 2.24) is 0 Å². The predicted octanol–water partition coefficient (Wildman–Crippen LogP) is 3.29. The molecule has 0 unspecified atom stereocenters. The van der Waals surface area contributed by atoms with E-state index in [1.807, 2.05) is 0 Å². The second-order valence-electron chi connectivity index (χ2n) is 2.77. The summed E-state index contributed by atoms with van der Waals surface area (Å²) < 4.78 is 22.4. The zero-order valence-electron chi connectivity index (χ0n) is 7.22. The van der Waals surface area contributed by atoms with Crippen LogP contribution >= 0.6 is 39.1 Å². The van der Waals surface area contributed by atoms with E-state index in [2.05, 4.69) is 15.9 Å². The van der Waals surface area contributed by atoms with Crippen LogP contribution in [0.25, 0.3) is 0 Å². The maximum atomic E-state index is 11.2. The molecule has 0 bridgehead atoms. The highest BCUT2D eigenvalue weighted by atomic mass is 79.9. The molecular weight excluding hydrogens is 311 g/mol. The molecule has 0 aliphatic heterocycles. The summed E-state index contributed by atoms with van der Waals surface area (Å²) in [5, 5.41) is 1.21. The van der Waals surface area contributed by atoms with Crippen molar-refractivity contribution in [3.05, 3.63) is 27.7 Å². The van der Waals surface area contributed by atoms with Crippen LogP contribution in [0.4, 0.5) is 0 Å². The average molecular weight is 318 g/mol. The van der Waals surface area contributed by atoms with Crippen molar-refractivity contribution in [2.24, 2.45) is 0 Å². The molecule has 0 aromatic heterocycles. The third-order valence-electron chi connectivity index (χ3n) is 1.68. The van der Waals surface area contributed by atoms with Crippen molar-refractivity contribution >= 4 is 49.0 Å². The number of rotatable bonds is 2. The van der Waals surface area contributed by atoms with Crippen molar-refractivity contribution < 1.29 is 8.42 Å². The SMILES string of the molecule is CS(=O)(=O)c1cc(Cl)c(CBr)c(Cl)c1. The lowest BCUT2D eigenvalue weighted by atomic mass is 10.2. The zero-order chi connectivity index (χ0) is 10.9. The first-order chi connectivity index (χ1) is 6.36. The van der Waals surface area contributed by atoms with Crippen LogP contribution in [0, 0.1) is 0 Å². The molecule has 6 heteroatoms. The van der Waals surface area contributed by atoms with Gasteiger partial charge in [0.2, 0.25) is 0 Å². The molecule has 1 aromatic carbocycles. The highest BCUT2D eigenvalue weighted by Gasteiger charge is 2.13. The van der Waals surface area contributed by atoms with E-state index in [-0.39, 0.29) is 4.90 Å². The van der Waals surface area contributed by atoms with E-state index < -0.39 is 9.84 Å². The van der Waals surface area contributed by atoms with E-state index in [9.17, 15) is 8.42 Å². The lowest BCUT2D eigenvalue weighted by Crippen LogP contribution is -1.98. The van der Waals surface area contributed by atoms with Crippen LogP contribution in [0.5, 0.6) is 0 Å². The van der Waals surface area contributed by atoms with Gasteiger partial charge in [0.1, 0.15) is 0 Å². The molecule has 1 aromatic rings. The molecule has 0 aliphatic rings. The Labute approximate surface area is 101 Å². The first kappa shape index (κ1) is 12.3. The van der Waals surface area contributed by atoms with Gasteiger partial charge in [0.25, 0.3) is 0 Å². The Morgan fingerprint density at radius 3 is 2.00 bits per heavy atom. The van der Waals surface area contributed by atoms with Gasteiger partial charge in [0, 0.05) is 21.6 Å². The molecule has 0 saturated heterocycles. The zero-order valence-corrected chi connectivity index (χ0v) is 11.1. The van der Waals surface area contributed by atoms with Gasteiger partial charge in [-0.3, -0.25) is 0 Å². The monoisotopic (exact) mass is 316 g/mol. The molecule has 0 aliphatic carbocycles. The maximum absolute atomic E-state index is 11.2. The minimum atomic E-state index is -3.26. The average Bonchev–Trinajstić information content (AvgIpc) is 2.01. The molecule has 0 radical (unpaired) electrons. The van der Waals surface area contributed by atoms with E-state index >= 15 is 0 Å². The Morgan fingerprint density at radius 2 is 1.71 bits per heavy atom. The standard InChI is InChI=1S/C8H7BrCl2O2S/c1-14(12,13)5-2-7(10)6(4-9)8(11)3-5/h2-3H,4H2,1H3. The minimum absolute atomic E-state index is 0.136. The molecule has 0 spiro atoms. The van der Waals surface area contributed by atoms with Crippen LogP contribution in [0.3, 0.4) is 0 Å². The van der Waals surface area contributed by atoms with Gasteiger partial charge in [-0.15, -0.1) is 0 Å². The summed E-state index contributed by atoms with van der Waals surface area (Å²) in [7, 11) is -3.26. The summed E-state index contributed by atoms with van der Waals surface area (Å²) in [5.41, 5.74) is 0.695. The van der Waals surface area contributed by atoms with Crippen LogP contribution in [-0.2, 0) is 15.2 Å². The second-order valence-corrected chi connectivity index (χ2v) is 6.16. The van der Waals surface area contributed by atoms with Gasteiger partial charge in [-0.25, -0.2) is 8.42 Å². The van der Waals surface area contributed by atoms with E-state index in [1.165, 1.54) is 12.1 Å². The molecule has 0 N–H and O–H groups in total. The minimum Gasteiger partial charge on any atom is -0.224 e. The van der Waals surface area contributed by atoms with Crippen molar-refractivity contribution in [3.8, 4) is 0 Å². The summed E-state index contributed by atoms with van der Waals surface area (Å²) in [6.07, 6.45) is 1.11. The van der Waals surface area contributed by atoms with Gasteiger partial charge in [0.15, 0.2) is 9.84 Å². The van der Waals surface area contributed by atoms with Gasteiger partial charge < -0.3 is 0 Å². The van der Waals surface area contributed by atoms with Crippen molar-refractivity contribution in [2.75, 3.05) is 6.26 Å². The molecule has 0 atom stereocenters. The molecule has 0 saturated carbocycles. The Bertz CT molecular complexity index is 433. The van der Waals surface area contributed by atoms with Gasteiger partial charge in [-0.05, 0) is 17.7 Å². The quantitative estimate of drug-likeness (QED) is 0.784. The van der Waals surface area contributed by atoms with Crippen LogP contribution in [-0.4, -0.2) is 14.7 Å². The van der Waals surface area contributed by atoms with E-state index in [0.717, 1.165) is 6.26 Å². The highest BCUT2D eigenvalue weighted by Crippen LogP contribution is 2.30. The fraction of sp³-hybridized carbons (Fsp3) is 0.250. The Hall–Kier alpha value is 0.230. The summed E-state index contributed by atoms with van der Waals surface area (Å²) >= 11 is 14.9. The van der Waals surface area contributed by atoms with Crippen LogP contribution in [0.15, 0.2) is 17.0 Å². The smallest absolute Gasteiger partial charge is 0.175 e. The molecular formula is C8H7BrCl2O2S. The molecule has 2 nitrogen and oxygen atoms in total. The van der Waals surface area contributed by atoms with Crippen molar-refractivity contribution in [3.63, 3.8) is 0 Å². The molecule has 1 rings (SSSR count). The van der Waals surface area contributed by atoms with Crippen LogP contribution < -0.4 is 0 Å². The van der Waals surface area contributed by atoms with Crippen molar-refractivity contribution in [2.45, 2.75) is 10.2 Å². The Kier molecular flexibility index (Phi) is 3.86. The molecule has 0 heterocycles. The second kappa shape index (κ2) is 4.39. The highest BCUT2D eigenvalue weighted by molar-refractivity contribution is 9.08. The number of halogens is 3. The van der Waals surface area contributed by atoms with Gasteiger partial charge >= 0.3 is 0 Å². The normalized spacial score (nSPS) is 11.7. The van der Waals surface area contributed by atoms with E-state index in [0.29, 0.717) is 20.9 Å². The summed E-state index contributed by atoms with van der Waals surface area (Å²) in [5.74, 6) is 0. The van der Waals surface area contributed by atoms with Gasteiger partial charge in [-0.2, -0.15) is 0 Å². The first-order valence-corrected chi connectivity index (χ1v) is 7.37. The largest absolute Gasteiger partial charge is 0.224 e. The Balaban J connectivity index is 3.43. The number of alkyl halides is 1. The lowest BCUT2D eigenvalue weighted by molar-refractivity contribution is 0.602. The predicted molar refractivity (Wildman–Crippen MR) is 62.2 cm³/mol. The molecule has 78 valence electrons. The third-order valence-corrected chi connectivity index (χ3v) is 4.00. The number of hydrogen-bond acceptors (Lipinski definition) is 2. The fourth-order valence-corrected chi connectivity index (χ4v) is 3.26. The molecule has 0 amide bonds. The third kappa shape index (κ3) is 2.63. The van der Waals surface area contributed by atoms with E-state index in [1.54, 1.807) is 0 Å². The number of benzene rings is 1. The van der Waals surface area contributed by atoms with Gasteiger partial charge in [-0.1, -0.05) is 39.1 Å².